The molecule has 0 saturated carbocycles. The van der Waals surface area contributed by atoms with Crippen molar-refractivity contribution in [2.24, 2.45) is 11.1 Å². The van der Waals surface area contributed by atoms with Crippen LogP contribution < -0.4 is 4.90 Å². The van der Waals surface area contributed by atoms with Gasteiger partial charge in [-0.25, -0.2) is 4.90 Å². The molecule has 1 fully saturated rings. The van der Waals surface area contributed by atoms with Crippen LogP contribution in [0.5, 0.6) is 0 Å². The van der Waals surface area contributed by atoms with E-state index in [1.807, 2.05) is 19.1 Å². The summed E-state index contributed by atoms with van der Waals surface area (Å²) in [7, 11) is 0. The Kier molecular flexibility index (Phi) is 3.54. The second-order valence-corrected chi connectivity index (χ2v) is 6.13. The van der Waals surface area contributed by atoms with Crippen LogP contribution in [-0.2, 0) is 14.4 Å². The van der Waals surface area contributed by atoms with Crippen molar-refractivity contribution >= 4 is 28.9 Å². The lowest BCUT2D eigenvalue weighted by Gasteiger charge is -2.15. The zero-order chi connectivity index (χ0) is 18.4. The maximum atomic E-state index is 12.9. The van der Waals surface area contributed by atoms with Gasteiger partial charge in [0.05, 0.1) is 10.6 Å². The number of anilines is 1. The van der Waals surface area contributed by atoms with Gasteiger partial charge in [-0.05, 0) is 31.2 Å². The number of non-ortho nitro benzene ring substituents is 1. The van der Waals surface area contributed by atoms with Gasteiger partial charge >= 0.3 is 0 Å². The maximum Gasteiger partial charge on any atom is 0.278 e. The fourth-order valence-corrected chi connectivity index (χ4v) is 3.12. The van der Waals surface area contributed by atoms with Crippen LogP contribution in [0, 0.1) is 23.0 Å². The van der Waals surface area contributed by atoms with E-state index >= 15 is 0 Å². The van der Waals surface area contributed by atoms with Crippen molar-refractivity contribution in [3.05, 3.63) is 69.8 Å². The van der Waals surface area contributed by atoms with Crippen LogP contribution in [0.15, 0.2) is 53.7 Å². The first-order valence-corrected chi connectivity index (χ1v) is 7.90. The molecule has 0 N–H and O–H groups in total. The topological polar surface area (TPSA) is 102 Å². The Bertz CT molecular complexity index is 950. The van der Waals surface area contributed by atoms with Crippen molar-refractivity contribution < 1.29 is 19.3 Å². The van der Waals surface area contributed by atoms with Crippen LogP contribution in [-0.4, -0.2) is 28.6 Å². The second kappa shape index (κ2) is 5.76. The highest BCUT2D eigenvalue weighted by atomic mass is 16.7. The molecule has 2 amide bonds. The molecule has 2 aliphatic rings. The summed E-state index contributed by atoms with van der Waals surface area (Å²) < 4.78 is 0. The normalized spacial score (nSPS) is 21.4. The summed E-state index contributed by atoms with van der Waals surface area (Å²) in [5.41, 5.74) is 2.23. The summed E-state index contributed by atoms with van der Waals surface area (Å²) in [6, 6.07) is 12.7. The van der Waals surface area contributed by atoms with Crippen molar-refractivity contribution in [3.63, 3.8) is 0 Å². The Morgan fingerprint density at radius 1 is 1.04 bits per heavy atom. The van der Waals surface area contributed by atoms with E-state index in [1.54, 1.807) is 12.1 Å². The minimum absolute atomic E-state index is 0.0695. The summed E-state index contributed by atoms with van der Waals surface area (Å²) in [5.74, 6) is -1.74. The number of oxime groups is 1. The van der Waals surface area contributed by atoms with E-state index in [2.05, 4.69) is 5.16 Å². The first-order chi connectivity index (χ1) is 12.5. The number of carbonyl (C=O) groups excluding carboxylic acids is 2. The lowest BCUT2D eigenvalue weighted by atomic mass is 9.94. The standard InChI is InChI=1S/C18H13N3O5/c1-10-2-6-12(7-3-10)20-17(22)14-15(19-26-16(14)18(20)23)11-4-8-13(9-5-11)21(24)25/h2-9,14,16H,1H3/t14-,16-/m0/s1. The number of imide groups is 1. The molecule has 26 heavy (non-hydrogen) atoms. The molecule has 0 aromatic heterocycles. The summed E-state index contributed by atoms with van der Waals surface area (Å²) in [5, 5.41) is 14.7. The molecule has 1 saturated heterocycles. The van der Waals surface area contributed by atoms with E-state index in [4.69, 9.17) is 4.84 Å². The molecule has 2 aromatic carbocycles. The average Bonchev–Trinajstić information content (AvgIpc) is 3.17. The number of hydrogen-bond acceptors (Lipinski definition) is 6. The van der Waals surface area contributed by atoms with E-state index in [1.165, 1.54) is 24.3 Å². The van der Waals surface area contributed by atoms with Gasteiger partial charge in [0.1, 0.15) is 11.6 Å². The maximum absolute atomic E-state index is 12.9. The van der Waals surface area contributed by atoms with E-state index in [-0.39, 0.29) is 5.69 Å². The number of nitro benzene ring substituents is 1. The first-order valence-electron chi connectivity index (χ1n) is 7.90. The summed E-state index contributed by atoms with van der Waals surface area (Å²) in [6.07, 6.45) is -1.01. The van der Waals surface area contributed by atoms with Crippen LogP contribution in [0.25, 0.3) is 0 Å². The lowest BCUT2D eigenvalue weighted by Crippen LogP contribution is -2.33. The number of carbonyl (C=O) groups is 2. The number of nitro groups is 1. The van der Waals surface area contributed by atoms with Crippen molar-refractivity contribution in [1.82, 2.24) is 0 Å². The quantitative estimate of drug-likeness (QED) is 0.479. The number of amides is 2. The third-order valence-electron chi connectivity index (χ3n) is 4.48. The fraction of sp³-hybridized carbons (Fsp3) is 0.167. The molecule has 0 spiro atoms. The molecule has 2 aliphatic heterocycles. The third-order valence-corrected chi connectivity index (χ3v) is 4.48. The summed E-state index contributed by atoms with van der Waals surface area (Å²) in [6.45, 7) is 1.91. The van der Waals surface area contributed by atoms with Crippen molar-refractivity contribution in [1.29, 1.82) is 0 Å². The Morgan fingerprint density at radius 3 is 2.31 bits per heavy atom. The van der Waals surface area contributed by atoms with Gasteiger partial charge < -0.3 is 4.84 Å². The predicted octanol–water partition coefficient (Wildman–Crippen LogP) is 2.20. The van der Waals surface area contributed by atoms with Gasteiger partial charge in [-0.3, -0.25) is 19.7 Å². The van der Waals surface area contributed by atoms with E-state index in [9.17, 15) is 19.7 Å². The van der Waals surface area contributed by atoms with Crippen molar-refractivity contribution in [3.8, 4) is 0 Å². The molecule has 0 bridgehead atoms. The molecule has 8 heteroatoms. The molecule has 0 radical (unpaired) electrons. The zero-order valence-electron chi connectivity index (χ0n) is 13.7. The van der Waals surface area contributed by atoms with Gasteiger partial charge in [-0.15, -0.1) is 0 Å². The highest BCUT2D eigenvalue weighted by Crippen LogP contribution is 2.35. The number of fused-ring (bicyclic) bond motifs is 1. The molecule has 4 rings (SSSR count). The monoisotopic (exact) mass is 351 g/mol. The van der Waals surface area contributed by atoms with E-state index in [0.29, 0.717) is 17.0 Å². The van der Waals surface area contributed by atoms with Crippen LogP contribution in [0.4, 0.5) is 11.4 Å². The first kappa shape index (κ1) is 15.9. The van der Waals surface area contributed by atoms with Gasteiger partial charge in [-0.1, -0.05) is 22.9 Å². The second-order valence-electron chi connectivity index (χ2n) is 6.13. The Morgan fingerprint density at radius 2 is 1.69 bits per heavy atom. The Hall–Kier alpha value is -3.55. The molecule has 2 aromatic rings. The molecular formula is C18H13N3O5. The third kappa shape index (κ3) is 2.34. The van der Waals surface area contributed by atoms with Crippen LogP contribution >= 0.6 is 0 Å². The van der Waals surface area contributed by atoms with Crippen LogP contribution in [0.2, 0.25) is 0 Å². The van der Waals surface area contributed by atoms with E-state index in [0.717, 1.165) is 10.5 Å². The minimum Gasteiger partial charge on any atom is -0.381 e. The number of benzene rings is 2. The highest BCUT2D eigenvalue weighted by Gasteiger charge is 2.56. The molecule has 2 atom stereocenters. The molecule has 0 aliphatic carbocycles. The fourth-order valence-electron chi connectivity index (χ4n) is 3.12. The SMILES string of the molecule is Cc1ccc(N2C(=O)[C@H]3C(c4ccc([N+](=O)[O-])cc4)=NO[C@@H]3C2=O)cc1. The highest BCUT2D eigenvalue weighted by molar-refractivity contribution is 6.32. The summed E-state index contributed by atoms with van der Waals surface area (Å²) in [4.78, 5) is 42.1. The zero-order valence-corrected chi connectivity index (χ0v) is 13.7. The van der Waals surface area contributed by atoms with Gasteiger partial charge in [-0.2, -0.15) is 0 Å². The number of nitrogens with zero attached hydrogens (tertiary/aromatic N) is 3. The summed E-state index contributed by atoms with van der Waals surface area (Å²) >= 11 is 0. The lowest BCUT2D eigenvalue weighted by molar-refractivity contribution is -0.384. The molecule has 2 heterocycles. The Balaban J connectivity index is 1.66. The largest absolute Gasteiger partial charge is 0.381 e. The number of rotatable bonds is 3. The molecule has 8 nitrogen and oxygen atoms in total. The minimum atomic E-state index is -1.01. The van der Waals surface area contributed by atoms with Crippen LogP contribution in [0.3, 0.4) is 0 Å². The predicted molar refractivity (Wildman–Crippen MR) is 91.7 cm³/mol. The smallest absolute Gasteiger partial charge is 0.278 e. The van der Waals surface area contributed by atoms with E-state index < -0.39 is 28.8 Å². The average molecular weight is 351 g/mol. The Labute approximate surface area is 147 Å². The van der Waals surface area contributed by atoms with Gasteiger partial charge in [0.2, 0.25) is 12.0 Å². The number of aryl methyl sites for hydroxylation is 1. The van der Waals surface area contributed by atoms with Gasteiger partial charge in [0.15, 0.2) is 0 Å². The van der Waals surface area contributed by atoms with Crippen LogP contribution in [0.1, 0.15) is 11.1 Å². The van der Waals surface area contributed by atoms with Crippen molar-refractivity contribution in [2.45, 2.75) is 13.0 Å². The molecular weight excluding hydrogens is 338 g/mol. The van der Waals surface area contributed by atoms with Gasteiger partial charge in [0, 0.05) is 17.7 Å². The van der Waals surface area contributed by atoms with Crippen molar-refractivity contribution in [2.75, 3.05) is 4.90 Å². The number of hydrogen-bond donors (Lipinski definition) is 0. The van der Waals surface area contributed by atoms with Gasteiger partial charge in [0.25, 0.3) is 11.6 Å². The molecule has 0 unspecified atom stereocenters. The molecule has 130 valence electrons.